The summed E-state index contributed by atoms with van der Waals surface area (Å²) in [5.41, 5.74) is -4.37. The van der Waals surface area contributed by atoms with Crippen LogP contribution in [-0.4, -0.2) is 38.6 Å². The number of halogens is 3. The van der Waals surface area contributed by atoms with Crippen LogP contribution in [0, 0.1) is 27.4 Å². The molecule has 7 nitrogen and oxygen atoms in total. The quantitative estimate of drug-likeness (QED) is 0.565. The largest absolute Gasteiger partial charge is 0.439 e. The summed E-state index contributed by atoms with van der Waals surface area (Å²) in [5, 5.41) is 25.8. The smallest absolute Gasteiger partial charge is 0.362 e. The number of hydrogen-bond acceptors (Lipinski definition) is 5. The van der Waals surface area contributed by atoms with Crippen LogP contribution < -0.4 is 0 Å². The first-order chi connectivity index (χ1) is 13.8. The van der Waals surface area contributed by atoms with Gasteiger partial charge in [-0.1, -0.05) is 33.3 Å². The van der Waals surface area contributed by atoms with Gasteiger partial charge >= 0.3 is 6.18 Å². The van der Waals surface area contributed by atoms with E-state index in [-0.39, 0.29) is 40.5 Å². The fourth-order valence-electron chi connectivity index (χ4n) is 4.29. The number of hydrogen-bond donors (Lipinski definition) is 1. The molecule has 1 amide bonds. The highest BCUT2D eigenvalue weighted by Gasteiger charge is 2.69. The second-order valence-electron chi connectivity index (χ2n) is 8.61. The second-order valence-corrected chi connectivity index (χ2v) is 8.61. The predicted molar refractivity (Wildman–Crippen MR) is 103 cm³/mol. The van der Waals surface area contributed by atoms with Crippen molar-refractivity contribution >= 4 is 17.3 Å². The summed E-state index contributed by atoms with van der Waals surface area (Å²) in [6, 6.07) is 4.37. The van der Waals surface area contributed by atoms with E-state index in [1.165, 1.54) is 6.07 Å². The summed E-state index contributed by atoms with van der Waals surface area (Å²) in [7, 11) is 0. The first kappa shape index (κ1) is 22.2. The van der Waals surface area contributed by atoms with Gasteiger partial charge in [0.25, 0.3) is 17.3 Å². The molecule has 1 aliphatic heterocycles. The van der Waals surface area contributed by atoms with Crippen molar-refractivity contribution < 1.29 is 28.0 Å². The number of nitro benzene ring substituents is 1. The molecule has 0 aromatic heterocycles. The van der Waals surface area contributed by atoms with Gasteiger partial charge in [0.2, 0.25) is 0 Å². The highest BCUT2D eigenvalue weighted by atomic mass is 19.4. The molecule has 1 heterocycles. The van der Waals surface area contributed by atoms with E-state index in [4.69, 9.17) is 0 Å². The number of nitro groups is 1. The topological polar surface area (TPSA) is 96.0 Å². The van der Waals surface area contributed by atoms with E-state index in [1.54, 1.807) is 0 Å². The molecular formula is C20H24F3N3O4. The number of carbonyl (C=O) groups is 1. The van der Waals surface area contributed by atoms with Crippen LogP contribution in [0.5, 0.6) is 0 Å². The van der Waals surface area contributed by atoms with Crippen LogP contribution in [-0.2, 0) is 0 Å². The maximum Gasteiger partial charge on any atom is 0.439 e. The number of amides is 1. The van der Waals surface area contributed by atoms with Gasteiger partial charge in [0, 0.05) is 23.4 Å². The minimum absolute atomic E-state index is 0.0500. The molecule has 10 heteroatoms. The zero-order chi connectivity index (χ0) is 22.5. The molecule has 0 unspecified atom stereocenters. The monoisotopic (exact) mass is 427 g/mol. The van der Waals surface area contributed by atoms with Crippen LogP contribution in [0.3, 0.4) is 0 Å². The fraction of sp³-hybridized carbons (Fsp3) is 0.600. The van der Waals surface area contributed by atoms with E-state index in [1.807, 2.05) is 20.8 Å². The van der Waals surface area contributed by atoms with Gasteiger partial charge in [0.1, 0.15) is 0 Å². The SMILES string of the molecule is CCC(C)(C)[C@@H]1CCC2=NN(C(=O)c3cccc([N+](=O)[O-])c3)[C@@](O)(C(F)(F)F)[C@H]2C1. The minimum Gasteiger partial charge on any atom is -0.362 e. The number of carbonyl (C=O) groups excluding carboxylic acids is 1. The third kappa shape index (κ3) is 3.46. The maximum atomic E-state index is 14.1. The maximum absolute atomic E-state index is 14.1. The molecular weight excluding hydrogens is 403 g/mol. The molecule has 164 valence electrons. The lowest BCUT2D eigenvalue weighted by Crippen LogP contribution is -2.62. The lowest BCUT2D eigenvalue weighted by molar-refractivity contribution is -0.384. The van der Waals surface area contributed by atoms with E-state index in [0.717, 1.165) is 24.6 Å². The Morgan fingerprint density at radius 1 is 1.40 bits per heavy atom. The van der Waals surface area contributed by atoms with Crippen molar-refractivity contribution in [2.24, 2.45) is 22.4 Å². The molecule has 0 bridgehead atoms. The van der Waals surface area contributed by atoms with Crippen molar-refractivity contribution in [3.05, 3.63) is 39.9 Å². The van der Waals surface area contributed by atoms with Crippen molar-refractivity contribution in [1.29, 1.82) is 0 Å². The molecule has 0 radical (unpaired) electrons. The van der Waals surface area contributed by atoms with Gasteiger partial charge in [-0.3, -0.25) is 14.9 Å². The highest BCUT2D eigenvalue weighted by Crippen LogP contribution is 2.52. The van der Waals surface area contributed by atoms with Crippen LogP contribution >= 0.6 is 0 Å². The van der Waals surface area contributed by atoms with Gasteiger partial charge in [-0.25, -0.2) is 0 Å². The Labute approximate surface area is 171 Å². The Morgan fingerprint density at radius 3 is 2.63 bits per heavy atom. The van der Waals surface area contributed by atoms with Crippen LogP contribution in [0.25, 0.3) is 0 Å². The van der Waals surface area contributed by atoms with Gasteiger partial charge in [-0.15, -0.1) is 0 Å². The third-order valence-electron chi connectivity index (χ3n) is 6.64. The zero-order valence-corrected chi connectivity index (χ0v) is 16.9. The van der Waals surface area contributed by atoms with E-state index >= 15 is 0 Å². The van der Waals surface area contributed by atoms with E-state index < -0.39 is 34.3 Å². The predicted octanol–water partition coefficient (Wildman–Crippen LogP) is 4.51. The number of nitrogens with zero attached hydrogens (tertiary/aromatic N) is 3. The van der Waals surface area contributed by atoms with E-state index in [0.29, 0.717) is 6.42 Å². The Morgan fingerprint density at radius 2 is 2.07 bits per heavy atom. The summed E-state index contributed by atoms with van der Waals surface area (Å²) in [4.78, 5) is 23.1. The van der Waals surface area contributed by atoms with Crippen molar-refractivity contribution in [1.82, 2.24) is 5.01 Å². The van der Waals surface area contributed by atoms with Gasteiger partial charge in [-0.2, -0.15) is 23.3 Å². The number of non-ortho nitro benzene ring substituents is 1. The molecule has 0 spiro atoms. The van der Waals surface area contributed by atoms with Gasteiger partial charge in [0.05, 0.1) is 10.8 Å². The summed E-state index contributed by atoms with van der Waals surface area (Å²) in [6.07, 6.45) is -3.48. The average Bonchev–Trinajstić information content (AvgIpc) is 3.00. The number of aliphatic hydroxyl groups is 1. The van der Waals surface area contributed by atoms with Crippen LogP contribution in [0.1, 0.15) is 56.8 Å². The zero-order valence-electron chi connectivity index (χ0n) is 16.9. The van der Waals surface area contributed by atoms with Crippen molar-refractivity contribution in [3.63, 3.8) is 0 Å². The molecule has 1 N–H and O–H groups in total. The normalized spacial score (nSPS) is 26.9. The fourth-order valence-corrected chi connectivity index (χ4v) is 4.29. The first-order valence-corrected chi connectivity index (χ1v) is 9.78. The van der Waals surface area contributed by atoms with E-state index in [2.05, 4.69) is 5.10 Å². The Bertz CT molecular complexity index is 900. The highest BCUT2D eigenvalue weighted by molar-refractivity contribution is 5.99. The average molecular weight is 427 g/mol. The number of fused-ring (bicyclic) bond motifs is 1. The summed E-state index contributed by atoms with van der Waals surface area (Å²) < 4.78 is 42.4. The number of rotatable bonds is 4. The molecule has 1 aromatic carbocycles. The Hall–Kier alpha value is -2.49. The van der Waals surface area contributed by atoms with Crippen LogP contribution in [0.15, 0.2) is 29.4 Å². The first-order valence-electron chi connectivity index (χ1n) is 9.78. The molecule has 30 heavy (non-hydrogen) atoms. The molecule has 1 aromatic rings. The lowest BCUT2D eigenvalue weighted by Gasteiger charge is -2.43. The van der Waals surface area contributed by atoms with Gasteiger partial charge < -0.3 is 5.11 Å². The molecule has 1 aliphatic carbocycles. The standard InChI is InChI=1S/C20H24F3N3O4/c1-4-18(2,3)13-8-9-16-15(11-13)19(28,20(21,22)23)25(24-16)17(27)12-6-5-7-14(10-12)26(29)30/h5-7,10,13,15,28H,4,8-9,11H2,1-3H3/t13-,15+,19+/m1/s1. The second kappa shape index (κ2) is 7.33. The van der Waals surface area contributed by atoms with Gasteiger partial charge in [-0.05, 0) is 36.7 Å². The van der Waals surface area contributed by atoms with Crippen LogP contribution in [0.4, 0.5) is 18.9 Å². The van der Waals surface area contributed by atoms with Crippen molar-refractivity contribution in [2.45, 2.75) is 58.4 Å². The minimum atomic E-state index is -5.16. The Balaban J connectivity index is 2.02. The molecule has 0 saturated heterocycles. The molecule has 3 atom stereocenters. The third-order valence-corrected chi connectivity index (χ3v) is 6.64. The van der Waals surface area contributed by atoms with Crippen molar-refractivity contribution in [2.75, 3.05) is 0 Å². The van der Waals surface area contributed by atoms with Crippen molar-refractivity contribution in [3.8, 4) is 0 Å². The number of alkyl halides is 3. The number of benzene rings is 1. The van der Waals surface area contributed by atoms with Gasteiger partial charge in [0.15, 0.2) is 0 Å². The Kier molecular flexibility index (Phi) is 5.43. The summed E-state index contributed by atoms with van der Waals surface area (Å²) >= 11 is 0. The van der Waals surface area contributed by atoms with E-state index in [9.17, 15) is 33.2 Å². The molecule has 1 saturated carbocycles. The summed E-state index contributed by atoms with van der Waals surface area (Å²) in [5.74, 6) is -2.68. The summed E-state index contributed by atoms with van der Waals surface area (Å²) in [6.45, 7) is 5.92. The molecule has 1 fully saturated rings. The molecule has 2 aliphatic rings. The molecule has 3 rings (SSSR count). The van der Waals surface area contributed by atoms with Crippen LogP contribution in [0.2, 0.25) is 0 Å². The number of hydrazone groups is 1. The lowest BCUT2D eigenvalue weighted by atomic mass is 9.64.